The van der Waals surface area contributed by atoms with Crippen molar-refractivity contribution in [2.24, 2.45) is 0 Å². The number of fused-ring (bicyclic) bond motifs is 4. The third-order valence-corrected chi connectivity index (χ3v) is 9.73. The zero-order valence-electron chi connectivity index (χ0n) is 27.3. The summed E-state index contributed by atoms with van der Waals surface area (Å²) in [4.78, 5) is 38.6. The molecular formula is C41H25Cl2N3O7. The van der Waals surface area contributed by atoms with Crippen LogP contribution in [0.15, 0.2) is 117 Å². The summed E-state index contributed by atoms with van der Waals surface area (Å²) in [6.07, 6.45) is 0. The quantitative estimate of drug-likeness (QED) is 0.0828. The second-order valence-corrected chi connectivity index (χ2v) is 13.2. The molecule has 0 saturated carbocycles. The van der Waals surface area contributed by atoms with E-state index >= 15 is 0 Å². The average Bonchev–Trinajstić information content (AvgIpc) is 3.12. The molecule has 0 radical (unpaired) electrons. The van der Waals surface area contributed by atoms with Crippen LogP contribution in [-0.2, 0) is 6.54 Å². The number of anilines is 1. The van der Waals surface area contributed by atoms with Crippen molar-refractivity contribution in [3.8, 4) is 50.7 Å². The Kier molecular flexibility index (Phi) is 8.13. The van der Waals surface area contributed by atoms with Gasteiger partial charge < -0.3 is 35.5 Å². The highest BCUT2D eigenvalue weighted by Crippen LogP contribution is 2.47. The highest BCUT2D eigenvalue weighted by atomic mass is 35.5. The highest BCUT2D eigenvalue weighted by Gasteiger charge is 2.29. The average molecular weight is 743 g/mol. The first kappa shape index (κ1) is 33.5. The molecule has 0 fully saturated rings. The predicted molar refractivity (Wildman–Crippen MR) is 203 cm³/mol. The Morgan fingerprint density at radius 2 is 1.42 bits per heavy atom. The van der Waals surface area contributed by atoms with Crippen molar-refractivity contribution < 1.29 is 28.6 Å². The number of nitrogen functional groups attached to an aromatic ring is 1. The summed E-state index contributed by atoms with van der Waals surface area (Å²) in [6.45, 7) is 0.0870. The fourth-order valence-corrected chi connectivity index (χ4v) is 7.26. The summed E-state index contributed by atoms with van der Waals surface area (Å²) in [7, 11) is 0. The van der Waals surface area contributed by atoms with Gasteiger partial charge in [-0.15, -0.1) is 0 Å². The van der Waals surface area contributed by atoms with Gasteiger partial charge in [0.2, 0.25) is 0 Å². The van der Waals surface area contributed by atoms with Crippen molar-refractivity contribution in [1.82, 2.24) is 5.32 Å². The Balaban J connectivity index is 1.17. The standard InChI is InChI=1S/C41H25Cl2N3O7/c42-30-17-29(39(43)38(37(30)41(50)51)36-27-9-5-21(44)13-31(27)52-32-14-22(45)6-10-28(32)36)40(49)46-18-19-1-3-20(4-2-19)35-25-11-7-23(47)15-33(25)53-34-16-24(48)8-12-26(34)35/h1-17,44,47H,18,45H2,(H,46,49)(H,50,51). The van der Waals surface area contributed by atoms with Gasteiger partial charge in [0.25, 0.3) is 5.91 Å². The number of phenolic OH excluding ortho intramolecular Hbond substituents is 1. The van der Waals surface area contributed by atoms with Gasteiger partial charge in [0.05, 0.1) is 26.5 Å². The SMILES string of the molecule is N=c1ccc2c(-c3c(Cl)c(C(=O)NCc4ccc(-c5c6ccc(=O)cc-6oc6cc(O)ccc56)cc4)cc(Cl)c3C(=O)O)c3ccc(N)cc3oc-2c1. The Morgan fingerprint density at radius 1 is 0.755 bits per heavy atom. The Hall–Kier alpha value is -6.62. The first-order chi connectivity index (χ1) is 25.5. The molecule has 0 aromatic heterocycles. The molecule has 260 valence electrons. The largest absolute Gasteiger partial charge is 0.508 e. The van der Waals surface area contributed by atoms with Crippen molar-refractivity contribution in [1.29, 1.82) is 5.41 Å². The van der Waals surface area contributed by atoms with E-state index in [0.29, 0.717) is 44.7 Å². The number of nitrogens with two attached hydrogens (primary N) is 1. The van der Waals surface area contributed by atoms with Gasteiger partial charge in [-0.25, -0.2) is 4.79 Å². The second-order valence-electron chi connectivity index (χ2n) is 12.4. The smallest absolute Gasteiger partial charge is 0.337 e. The van der Waals surface area contributed by atoms with Crippen LogP contribution >= 0.6 is 23.2 Å². The van der Waals surface area contributed by atoms with E-state index in [9.17, 15) is 24.6 Å². The number of amides is 1. The van der Waals surface area contributed by atoms with Crippen LogP contribution in [0.5, 0.6) is 5.75 Å². The number of halogens is 2. The van der Waals surface area contributed by atoms with Gasteiger partial charge in [-0.05, 0) is 65.7 Å². The molecule has 0 bridgehead atoms. The van der Waals surface area contributed by atoms with Gasteiger partial charge >= 0.3 is 5.97 Å². The molecule has 0 spiro atoms. The molecule has 1 amide bonds. The molecular weight excluding hydrogens is 717 g/mol. The molecule has 0 unspecified atom stereocenters. The molecule has 4 aromatic carbocycles. The molecule has 2 heterocycles. The summed E-state index contributed by atoms with van der Waals surface area (Å²) in [6, 6.07) is 27.6. The van der Waals surface area contributed by atoms with Crippen LogP contribution in [0.4, 0.5) is 5.69 Å². The molecule has 6 N–H and O–H groups in total. The molecule has 10 nitrogen and oxygen atoms in total. The number of nitrogens with one attached hydrogen (secondary N) is 2. The van der Waals surface area contributed by atoms with Crippen LogP contribution < -0.4 is 21.8 Å². The minimum Gasteiger partial charge on any atom is -0.508 e. The number of aromatic carboxylic acids is 1. The molecule has 0 atom stereocenters. The number of hydrogen-bond acceptors (Lipinski definition) is 8. The maximum Gasteiger partial charge on any atom is 0.337 e. The molecule has 2 aliphatic heterocycles. The summed E-state index contributed by atoms with van der Waals surface area (Å²) >= 11 is 13.6. The number of carbonyl (C=O) groups is 2. The maximum absolute atomic E-state index is 13.8. The number of carboxylic acid groups (broad SMARTS) is 1. The lowest BCUT2D eigenvalue weighted by Crippen LogP contribution is -2.23. The van der Waals surface area contributed by atoms with Crippen LogP contribution in [0.1, 0.15) is 26.3 Å². The van der Waals surface area contributed by atoms with Crippen LogP contribution in [-0.4, -0.2) is 22.1 Å². The Labute approximate surface area is 309 Å². The Morgan fingerprint density at radius 3 is 2.17 bits per heavy atom. The lowest BCUT2D eigenvalue weighted by atomic mass is 9.89. The van der Waals surface area contributed by atoms with Gasteiger partial charge in [-0.2, -0.15) is 0 Å². The zero-order valence-corrected chi connectivity index (χ0v) is 28.8. The number of benzene rings is 6. The molecule has 2 aliphatic carbocycles. The van der Waals surface area contributed by atoms with E-state index in [0.717, 1.165) is 22.1 Å². The first-order valence-corrected chi connectivity index (χ1v) is 16.9. The molecule has 12 heteroatoms. The van der Waals surface area contributed by atoms with Gasteiger partial charge in [-0.3, -0.25) is 9.59 Å². The third-order valence-electron chi connectivity index (χ3n) is 9.04. The van der Waals surface area contributed by atoms with Crippen LogP contribution in [0.2, 0.25) is 10.0 Å². The fourth-order valence-electron chi connectivity index (χ4n) is 6.65. The van der Waals surface area contributed by atoms with E-state index in [1.54, 1.807) is 42.5 Å². The zero-order chi connectivity index (χ0) is 37.1. The third kappa shape index (κ3) is 5.89. The normalized spacial score (nSPS) is 11.4. The molecule has 53 heavy (non-hydrogen) atoms. The summed E-state index contributed by atoms with van der Waals surface area (Å²) in [5.41, 5.74) is 10.5. The van der Waals surface area contributed by atoms with Crippen molar-refractivity contribution in [3.63, 3.8) is 0 Å². The molecule has 8 rings (SSSR count). The first-order valence-electron chi connectivity index (χ1n) is 16.1. The van der Waals surface area contributed by atoms with E-state index in [1.165, 1.54) is 36.4 Å². The number of phenols is 1. The monoisotopic (exact) mass is 741 g/mol. The molecule has 4 aliphatic rings. The number of carbonyl (C=O) groups excluding carboxylic acids is 1. The summed E-state index contributed by atoms with van der Waals surface area (Å²) in [5, 5.41) is 32.4. The highest BCUT2D eigenvalue weighted by molar-refractivity contribution is 6.41. The minimum absolute atomic E-state index is 0.0148. The van der Waals surface area contributed by atoms with Crippen LogP contribution in [0.3, 0.4) is 0 Å². The van der Waals surface area contributed by atoms with Gasteiger partial charge in [-0.1, -0.05) is 47.5 Å². The topological polar surface area (TPSA) is 180 Å². The van der Waals surface area contributed by atoms with Crippen molar-refractivity contribution in [2.45, 2.75) is 6.54 Å². The van der Waals surface area contributed by atoms with E-state index in [2.05, 4.69) is 5.32 Å². The summed E-state index contributed by atoms with van der Waals surface area (Å²) in [5.74, 6) is -1.27. The van der Waals surface area contributed by atoms with E-state index in [-0.39, 0.29) is 55.6 Å². The number of aromatic hydroxyl groups is 1. The fraction of sp³-hybridized carbons (Fsp3) is 0.0244. The number of hydrogen-bond donors (Lipinski definition) is 5. The van der Waals surface area contributed by atoms with Gasteiger partial charge in [0.1, 0.15) is 28.4 Å². The van der Waals surface area contributed by atoms with Crippen molar-refractivity contribution in [2.75, 3.05) is 5.73 Å². The minimum atomic E-state index is -1.36. The lowest BCUT2D eigenvalue weighted by Gasteiger charge is -2.20. The van der Waals surface area contributed by atoms with E-state index < -0.39 is 11.9 Å². The van der Waals surface area contributed by atoms with Gasteiger partial charge in [0.15, 0.2) is 5.43 Å². The number of rotatable bonds is 6. The summed E-state index contributed by atoms with van der Waals surface area (Å²) < 4.78 is 12.0. The lowest BCUT2D eigenvalue weighted by molar-refractivity contribution is 0.0697. The van der Waals surface area contributed by atoms with E-state index in [1.807, 2.05) is 24.3 Å². The maximum atomic E-state index is 13.8. The predicted octanol–water partition coefficient (Wildman–Crippen LogP) is 8.79. The van der Waals surface area contributed by atoms with Crippen LogP contribution in [0, 0.1) is 5.41 Å². The second kappa shape index (κ2) is 12.9. The van der Waals surface area contributed by atoms with Gasteiger partial charge in [0, 0.05) is 75.1 Å². The van der Waals surface area contributed by atoms with Crippen molar-refractivity contribution in [3.05, 3.63) is 145 Å². The molecule has 0 saturated heterocycles. The van der Waals surface area contributed by atoms with Crippen LogP contribution in [0.25, 0.3) is 66.8 Å². The molecule has 4 aromatic rings. The van der Waals surface area contributed by atoms with E-state index in [4.69, 9.17) is 43.2 Å². The Bertz CT molecular complexity index is 2880. The number of carboxylic acids is 1. The van der Waals surface area contributed by atoms with Crippen molar-refractivity contribution >= 4 is 62.7 Å².